The number of ether oxygens (including phenoxy) is 1. The lowest BCUT2D eigenvalue weighted by Gasteiger charge is -2.02. The molecule has 0 aliphatic rings. The lowest BCUT2D eigenvalue weighted by molar-refractivity contribution is 0.407. The summed E-state index contributed by atoms with van der Waals surface area (Å²) in [5.74, 6) is 0.848. The van der Waals surface area contributed by atoms with Crippen LogP contribution in [0, 0.1) is 0 Å². The molecule has 2 heterocycles. The summed E-state index contributed by atoms with van der Waals surface area (Å²) in [6.45, 7) is 0. The molecule has 3 rings (SSSR count). The molecule has 0 spiro atoms. The average molecular weight is 300 g/mol. The zero-order valence-corrected chi connectivity index (χ0v) is 11.5. The third-order valence-electron chi connectivity index (χ3n) is 2.91. The van der Waals surface area contributed by atoms with Gasteiger partial charge in [-0.1, -0.05) is 0 Å². The van der Waals surface area contributed by atoms with Crippen LogP contribution in [0.15, 0.2) is 34.4 Å². The molecule has 0 fully saturated rings. The molecule has 0 radical (unpaired) electrons. The third kappa shape index (κ3) is 2.59. The highest BCUT2D eigenvalue weighted by Crippen LogP contribution is 2.21. The highest BCUT2D eigenvalue weighted by atomic mass is 16.5. The number of aromatic nitrogens is 4. The Hall–Kier alpha value is -3.36. The number of rotatable bonds is 4. The molecule has 22 heavy (non-hydrogen) atoms. The van der Waals surface area contributed by atoms with Gasteiger partial charge in [-0.15, -0.1) is 0 Å². The zero-order chi connectivity index (χ0) is 15.5. The Morgan fingerprint density at radius 1 is 1.45 bits per heavy atom. The van der Waals surface area contributed by atoms with Crippen molar-refractivity contribution in [2.45, 2.75) is 0 Å². The number of fused-ring (bicyclic) bond motifs is 1. The van der Waals surface area contributed by atoms with Crippen molar-refractivity contribution in [1.82, 2.24) is 19.9 Å². The number of phenolic OH excluding ortho intramolecular Hbond substituents is 1. The summed E-state index contributed by atoms with van der Waals surface area (Å²) < 4.78 is 4.99. The Bertz CT molecular complexity index is 898. The predicted molar refractivity (Wildman–Crippen MR) is 80.4 cm³/mol. The van der Waals surface area contributed by atoms with Gasteiger partial charge < -0.3 is 19.8 Å². The molecular weight excluding hydrogens is 288 g/mol. The first kappa shape index (κ1) is 13.6. The second-order valence-electron chi connectivity index (χ2n) is 4.31. The van der Waals surface area contributed by atoms with E-state index in [1.54, 1.807) is 12.1 Å². The van der Waals surface area contributed by atoms with Crippen molar-refractivity contribution in [3.8, 4) is 11.5 Å². The van der Waals surface area contributed by atoms with Crippen molar-refractivity contribution >= 4 is 23.3 Å². The van der Waals surface area contributed by atoms with E-state index in [-0.39, 0.29) is 28.4 Å². The lowest BCUT2D eigenvalue weighted by Crippen LogP contribution is -2.05. The minimum Gasteiger partial charge on any atom is -0.507 e. The molecular formula is C13H12N6O3. The van der Waals surface area contributed by atoms with Crippen molar-refractivity contribution in [2.24, 2.45) is 5.10 Å². The summed E-state index contributed by atoms with van der Waals surface area (Å²) in [5, 5.41) is 13.7. The topological polar surface area (TPSA) is 128 Å². The summed E-state index contributed by atoms with van der Waals surface area (Å²) in [7, 11) is 1.52. The smallest absolute Gasteiger partial charge is 0.276 e. The third-order valence-corrected chi connectivity index (χ3v) is 2.91. The van der Waals surface area contributed by atoms with Gasteiger partial charge in [0.2, 0.25) is 5.95 Å². The molecule has 0 saturated carbocycles. The number of hydrogen-bond acceptors (Lipinski definition) is 7. The Morgan fingerprint density at radius 3 is 3.05 bits per heavy atom. The quantitative estimate of drug-likeness (QED) is 0.417. The summed E-state index contributed by atoms with van der Waals surface area (Å²) in [4.78, 5) is 24.7. The number of phenols is 1. The van der Waals surface area contributed by atoms with E-state index in [0.29, 0.717) is 11.3 Å². The summed E-state index contributed by atoms with van der Waals surface area (Å²) in [6, 6.07) is 4.84. The van der Waals surface area contributed by atoms with E-state index in [2.05, 4.69) is 30.5 Å². The van der Waals surface area contributed by atoms with Crippen LogP contribution in [0.25, 0.3) is 11.2 Å². The van der Waals surface area contributed by atoms with Gasteiger partial charge in [0.15, 0.2) is 11.2 Å². The van der Waals surface area contributed by atoms with E-state index in [1.807, 2.05) is 0 Å². The number of benzene rings is 1. The molecule has 3 aromatic rings. The van der Waals surface area contributed by atoms with Gasteiger partial charge in [-0.05, 0) is 12.1 Å². The first-order valence-electron chi connectivity index (χ1n) is 6.27. The SMILES string of the molecule is COc1ccc(/C=N/Nc2nc3nc[nH]c(=O)c3[nH]2)c(O)c1. The van der Waals surface area contributed by atoms with Crippen LogP contribution in [0.1, 0.15) is 5.56 Å². The Morgan fingerprint density at radius 2 is 2.32 bits per heavy atom. The van der Waals surface area contributed by atoms with E-state index in [9.17, 15) is 9.90 Å². The van der Waals surface area contributed by atoms with E-state index in [1.165, 1.54) is 25.7 Å². The molecule has 1 aromatic carbocycles. The van der Waals surface area contributed by atoms with Crippen LogP contribution in [0.3, 0.4) is 0 Å². The van der Waals surface area contributed by atoms with Crippen molar-refractivity contribution < 1.29 is 9.84 Å². The predicted octanol–water partition coefficient (Wildman–Crippen LogP) is 0.806. The number of H-pyrrole nitrogens is 2. The minimum absolute atomic E-state index is 0.0348. The fourth-order valence-corrected chi connectivity index (χ4v) is 1.82. The fourth-order valence-electron chi connectivity index (χ4n) is 1.82. The standard InChI is InChI=1S/C13H12N6O3/c1-22-8-3-2-7(9(20)4-8)5-16-19-13-17-10-11(18-13)14-6-15-12(10)21/h2-6,20H,1H3,(H3,14,15,17,18,19,21)/b16-5+. The first-order chi connectivity index (χ1) is 10.7. The highest BCUT2D eigenvalue weighted by Gasteiger charge is 2.05. The molecule has 0 unspecified atom stereocenters. The van der Waals surface area contributed by atoms with Crippen LogP contribution in [-0.2, 0) is 0 Å². The molecule has 0 amide bonds. The average Bonchev–Trinajstić information content (AvgIpc) is 2.93. The van der Waals surface area contributed by atoms with Crippen molar-refractivity contribution in [2.75, 3.05) is 12.5 Å². The van der Waals surface area contributed by atoms with Gasteiger partial charge in [-0.25, -0.2) is 10.4 Å². The van der Waals surface area contributed by atoms with Gasteiger partial charge >= 0.3 is 0 Å². The lowest BCUT2D eigenvalue weighted by atomic mass is 10.2. The molecule has 0 atom stereocenters. The molecule has 4 N–H and O–H groups in total. The number of hydrogen-bond donors (Lipinski definition) is 4. The van der Waals surface area contributed by atoms with Gasteiger partial charge in [0.05, 0.1) is 19.7 Å². The second-order valence-corrected chi connectivity index (χ2v) is 4.31. The minimum atomic E-state index is -0.317. The first-order valence-corrected chi connectivity index (χ1v) is 6.27. The monoisotopic (exact) mass is 300 g/mol. The molecule has 0 bridgehead atoms. The number of nitrogens with one attached hydrogen (secondary N) is 3. The number of imidazole rings is 1. The zero-order valence-electron chi connectivity index (χ0n) is 11.5. The number of hydrazone groups is 1. The van der Waals surface area contributed by atoms with E-state index < -0.39 is 0 Å². The van der Waals surface area contributed by atoms with Crippen molar-refractivity contribution in [1.29, 1.82) is 0 Å². The molecule has 2 aromatic heterocycles. The molecule has 9 nitrogen and oxygen atoms in total. The Labute approximate surface area is 123 Å². The van der Waals surface area contributed by atoms with Crippen LogP contribution in [0.4, 0.5) is 5.95 Å². The van der Waals surface area contributed by atoms with Gasteiger partial charge in [-0.2, -0.15) is 10.1 Å². The summed E-state index contributed by atoms with van der Waals surface area (Å²) in [6.07, 6.45) is 2.69. The molecule has 112 valence electrons. The van der Waals surface area contributed by atoms with Gasteiger partial charge in [0.1, 0.15) is 11.5 Å². The maximum absolute atomic E-state index is 11.5. The maximum atomic E-state index is 11.5. The Balaban J connectivity index is 1.78. The maximum Gasteiger partial charge on any atom is 0.276 e. The van der Waals surface area contributed by atoms with Crippen LogP contribution in [0.2, 0.25) is 0 Å². The molecule has 0 aliphatic heterocycles. The van der Waals surface area contributed by atoms with Crippen LogP contribution < -0.4 is 15.7 Å². The van der Waals surface area contributed by atoms with Crippen molar-refractivity contribution in [3.63, 3.8) is 0 Å². The normalized spacial score (nSPS) is 11.1. The van der Waals surface area contributed by atoms with E-state index in [0.717, 1.165) is 0 Å². The largest absolute Gasteiger partial charge is 0.507 e. The number of nitrogens with zero attached hydrogens (tertiary/aromatic N) is 3. The number of anilines is 1. The van der Waals surface area contributed by atoms with Gasteiger partial charge in [0, 0.05) is 11.6 Å². The van der Waals surface area contributed by atoms with Gasteiger partial charge in [0.25, 0.3) is 5.56 Å². The number of aromatic hydroxyl groups is 1. The fraction of sp³-hybridized carbons (Fsp3) is 0.0769. The Kier molecular flexibility index (Phi) is 3.44. The van der Waals surface area contributed by atoms with Crippen LogP contribution >= 0.6 is 0 Å². The van der Waals surface area contributed by atoms with Crippen molar-refractivity contribution in [3.05, 3.63) is 40.4 Å². The highest BCUT2D eigenvalue weighted by molar-refractivity contribution is 5.84. The van der Waals surface area contributed by atoms with E-state index >= 15 is 0 Å². The van der Waals surface area contributed by atoms with Crippen LogP contribution in [0.5, 0.6) is 11.5 Å². The summed E-state index contributed by atoms with van der Waals surface area (Å²) in [5.41, 5.74) is 3.36. The van der Waals surface area contributed by atoms with Crippen LogP contribution in [-0.4, -0.2) is 38.4 Å². The number of aromatic amines is 2. The molecule has 9 heteroatoms. The van der Waals surface area contributed by atoms with Gasteiger partial charge in [-0.3, -0.25) is 4.79 Å². The second kappa shape index (κ2) is 5.56. The molecule has 0 aliphatic carbocycles. The summed E-state index contributed by atoms with van der Waals surface area (Å²) >= 11 is 0. The number of methoxy groups -OCH3 is 1. The molecule has 0 saturated heterocycles. The van der Waals surface area contributed by atoms with E-state index in [4.69, 9.17) is 4.74 Å².